The van der Waals surface area contributed by atoms with Crippen molar-refractivity contribution in [3.63, 3.8) is 0 Å². The lowest BCUT2D eigenvalue weighted by Crippen LogP contribution is -2.54. The van der Waals surface area contributed by atoms with Gasteiger partial charge < -0.3 is 14.8 Å². The number of ether oxygens (including phenoxy) is 2. The van der Waals surface area contributed by atoms with Gasteiger partial charge in [0, 0.05) is 18.5 Å². The molecular weight excluding hydrogens is 234 g/mol. The Morgan fingerprint density at radius 3 is 2.00 bits per heavy atom. The number of rotatable bonds is 2. The quantitative estimate of drug-likeness (QED) is 0.586. The van der Waals surface area contributed by atoms with Crippen molar-refractivity contribution in [2.45, 2.75) is 32.1 Å². The third-order valence-corrected chi connectivity index (χ3v) is 4.64. The van der Waals surface area contributed by atoms with Crippen LogP contribution in [0.15, 0.2) is 0 Å². The fourth-order valence-corrected chi connectivity index (χ4v) is 3.67. The van der Waals surface area contributed by atoms with Crippen molar-refractivity contribution in [3.8, 4) is 0 Å². The summed E-state index contributed by atoms with van der Waals surface area (Å²) in [6, 6.07) is 0. The van der Waals surface area contributed by atoms with Gasteiger partial charge in [-0.1, -0.05) is 19.3 Å². The van der Waals surface area contributed by atoms with Gasteiger partial charge in [-0.3, -0.25) is 9.59 Å². The van der Waals surface area contributed by atoms with Gasteiger partial charge in [0.05, 0.1) is 14.2 Å². The molecule has 1 saturated heterocycles. The highest BCUT2D eigenvalue weighted by molar-refractivity contribution is 6.02. The van der Waals surface area contributed by atoms with Crippen LogP contribution in [0.25, 0.3) is 0 Å². The van der Waals surface area contributed by atoms with Gasteiger partial charge in [-0.2, -0.15) is 0 Å². The van der Waals surface area contributed by atoms with Crippen LogP contribution >= 0.6 is 0 Å². The van der Waals surface area contributed by atoms with E-state index in [-0.39, 0.29) is 5.41 Å². The zero-order chi connectivity index (χ0) is 13.2. The third-order valence-electron chi connectivity index (χ3n) is 4.64. The smallest absolute Gasteiger partial charge is 0.325 e. The maximum absolute atomic E-state index is 12.2. The van der Waals surface area contributed by atoms with Crippen molar-refractivity contribution in [2.75, 3.05) is 27.3 Å². The van der Waals surface area contributed by atoms with E-state index in [0.717, 1.165) is 25.7 Å². The van der Waals surface area contributed by atoms with Gasteiger partial charge >= 0.3 is 11.9 Å². The number of carbonyl (C=O) groups is 2. The van der Waals surface area contributed by atoms with E-state index in [1.54, 1.807) is 0 Å². The molecule has 0 aromatic carbocycles. The Bertz CT molecular complexity index is 331. The molecule has 18 heavy (non-hydrogen) atoms. The minimum atomic E-state index is -1.16. The fraction of sp³-hybridized carbons (Fsp3) is 0.846. The van der Waals surface area contributed by atoms with Crippen molar-refractivity contribution < 1.29 is 19.1 Å². The van der Waals surface area contributed by atoms with Gasteiger partial charge in [-0.15, -0.1) is 0 Å². The second-order valence-electron chi connectivity index (χ2n) is 5.33. The first-order chi connectivity index (χ1) is 8.63. The summed E-state index contributed by atoms with van der Waals surface area (Å²) in [5, 5.41) is 3.20. The van der Waals surface area contributed by atoms with Crippen molar-refractivity contribution in [1.29, 1.82) is 0 Å². The van der Waals surface area contributed by atoms with E-state index in [9.17, 15) is 9.59 Å². The first-order valence-electron chi connectivity index (χ1n) is 6.50. The molecule has 0 radical (unpaired) electrons. The number of hydrogen-bond donors (Lipinski definition) is 1. The number of methoxy groups -OCH3 is 2. The first-order valence-corrected chi connectivity index (χ1v) is 6.50. The highest BCUT2D eigenvalue weighted by Gasteiger charge is 2.65. The predicted molar refractivity (Wildman–Crippen MR) is 64.9 cm³/mol. The van der Waals surface area contributed by atoms with Crippen LogP contribution in [0.5, 0.6) is 0 Å². The van der Waals surface area contributed by atoms with Crippen molar-refractivity contribution in [3.05, 3.63) is 0 Å². The molecule has 1 N–H and O–H groups in total. The van der Waals surface area contributed by atoms with Crippen LogP contribution in [0, 0.1) is 10.8 Å². The number of carbonyl (C=O) groups excluding carboxylic acids is 2. The average molecular weight is 255 g/mol. The number of nitrogens with one attached hydrogen (secondary N) is 1. The molecule has 0 aromatic heterocycles. The minimum Gasteiger partial charge on any atom is -0.468 e. The van der Waals surface area contributed by atoms with Crippen LogP contribution in [0.2, 0.25) is 0 Å². The fourth-order valence-electron chi connectivity index (χ4n) is 3.67. The Kier molecular flexibility index (Phi) is 3.61. The zero-order valence-electron chi connectivity index (χ0n) is 11.1. The summed E-state index contributed by atoms with van der Waals surface area (Å²) < 4.78 is 9.82. The van der Waals surface area contributed by atoms with Gasteiger partial charge in [0.15, 0.2) is 5.41 Å². The highest BCUT2D eigenvalue weighted by Crippen LogP contribution is 2.53. The van der Waals surface area contributed by atoms with E-state index in [1.165, 1.54) is 20.6 Å². The molecule has 1 aliphatic carbocycles. The van der Waals surface area contributed by atoms with Crippen LogP contribution < -0.4 is 5.32 Å². The standard InChI is InChI=1S/C13H21NO4/c1-17-10(15)13(11(16)18-2)9-14-8-12(13)6-4-3-5-7-12/h14H,3-9H2,1-2H3. The van der Waals surface area contributed by atoms with Crippen LogP contribution in [0.4, 0.5) is 0 Å². The van der Waals surface area contributed by atoms with Crippen molar-refractivity contribution in [2.24, 2.45) is 10.8 Å². The van der Waals surface area contributed by atoms with Crippen molar-refractivity contribution in [1.82, 2.24) is 5.32 Å². The Balaban J connectivity index is 2.43. The van der Waals surface area contributed by atoms with Gasteiger partial charge in [-0.05, 0) is 12.8 Å². The lowest BCUT2D eigenvalue weighted by molar-refractivity contribution is -0.178. The summed E-state index contributed by atoms with van der Waals surface area (Å²) in [6.45, 7) is 1.02. The van der Waals surface area contributed by atoms with E-state index in [4.69, 9.17) is 9.47 Å². The van der Waals surface area contributed by atoms with E-state index in [0.29, 0.717) is 13.1 Å². The lowest BCUT2D eigenvalue weighted by atomic mass is 9.58. The predicted octanol–water partition coefficient (Wildman–Crippen LogP) is 0.872. The zero-order valence-corrected chi connectivity index (χ0v) is 11.1. The SMILES string of the molecule is COC(=O)C1(C(=O)OC)CNCC12CCCCC2. The van der Waals surface area contributed by atoms with E-state index in [2.05, 4.69) is 5.32 Å². The summed E-state index contributed by atoms with van der Waals surface area (Å²) >= 11 is 0. The van der Waals surface area contributed by atoms with Crippen molar-refractivity contribution >= 4 is 11.9 Å². The molecule has 0 aromatic rings. The van der Waals surface area contributed by atoms with Crippen LogP contribution in [0.3, 0.4) is 0 Å². The molecular formula is C13H21NO4. The Labute approximate surface area is 107 Å². The Hall–Kier alpha value is -1.10. The molecule has 102 valence electrons. The van der Waals surface area contributed by atoms with Crippen LogP contribution in [-0.2, 0) is 19.1 Å². The van der Waals surface area contributed by atoms with E-state index >= 15 is 0 Å². The van der Waals surface area contributed by atoms with E-state index < -0.39 is 17.4 Å². The first kappa shape index (κ1) is 13.3. The molecule has 5 heteroatoms. The minimum absolute atomic E-state index is 0.326. The topological polar surface area (TPSA) is 64.6 Å². The largest absolute Gasteiger partial charge is 0.468 e. The van der Waals surface area contributed by atoms with Gasteiger partial charge in [-0.25, -0.2) is 0 Å². The molecule has 0 atom stereocenters. The molecule has 5 nitrogen and oxygen atoms in total. The summed E-state index contributed by atoms with van der Waals surface area (Å²) in [5.74, 6) is -0.914. The second kappa shape index (κ2) is 4.88. The molecule has 2 aliphatic rings. The van der Waals surface area contributed by atoms with Gasteiger partial charge in [0.2, 0.25) is 0 Å². The normalized spacial score (nSPS) is 24.8. The summed E-state index contributed by atoms with van der Waals surface area (Å²) in [6.07, 6.45) is 5.03. The molecule has 2 rings (SSSR count). The maximum atomic E-state index is 12.2. The molecule has 2 fully saturated rings. The Morgan fingerprint density at radius 2 is 1.50 bits per heavy atom. The second-order valence-corrected chi connectivity index (χ2v) is 5.33. The molecule has 0 amide bonds. The van der Waals surface area contributed by atoms with Gasteiger partial charge in [0.25, 0.3) is 0 Å². The molecule has 1 heterocycles. The number of hydrogen-bond acceptors (Lipinski definition) is 5. The molecule has 1 aliphatic heterocycles. The lowest BCUT2D eigenvalue weighted by Gasteiger charge is -2.43. The Morgan fingerprint density at radius 1 is 0.944 bits per heavy atom. The molecule has 0 unspecified atom stereocenters. The van der Waals surface area contributed by atoms with E-state index in [1.807, 2.05) is 0 Å². The monoisotopic (exact) mass is 255 g/mol. The highest BCUT2D eigenvalue weighted by atomic mass is 16.5. The average Bonchev–Trinajstić information content (AvgIpc) is 2.77. The molecule has 0 bridgehead atoms. The van der Waals surface area contributed by atoms with Crippen LogP contribution in [0.1, 0.15) is 32.1 Å². The summed E-state index contributed by atoms with van der Waals surface area (Å²) in [7, 11) is 2.67. The molecule has 1 spiro atoms. The third kappa shape index (κ3) is 1.64. The molecule has 1 saturated carbocycles. The summed E-state index contributed by atoms with van der Waals surface area (Å²) in [4.78, 5) is 24.5. The number of esters is 2. The maximum Gasteiger partial charge on any atom is 0.325 e. The van der Waals surface area contributed by atoms with Crippen LogP contribution in [-0.4, -0.2) is 39.2 Å². The van der Waals surface area contributed by atoms with Gasteiger partial charge in [0.1, 0.15) is 0 Å². The summed E-state index contributed by atoms with van der Waals surface area (Å²) in [5.41, 5.74) is -1.48.